The molecule has 3 rings (SSSR count). The van der Waals surface area contributed by atoms with Gasteiger partial charge in [-0.1, -0.05) is 70.1 Å². The van der Waals surface area contributed by atoms with Crippen LogP contribution in [0, 0.1) is 0 Å². The number of hydrogen-bond acceptors (Lipinski definition) is 4. The molecule has 1 atom stereocenters. The third-order valence-electron chi connectivity index (χ3n) is 6.10. The summed E-state index contributed by atoms with van der Waals surface area (Å²) in [7, 11) is 6.34. The summed E-state index contributed by atoms with van der Waals surface area (Å²) in [6.07, 6.45) is 18.4. The van der Waals surface area contributed by atoms with Crippen molar-refractivity contribution in [2.45, 2.75) is 82.1 Å². The van der Waals surface area contributed by atoms with Crippen LogP contribution in [0.25, 0.3) is 0 Å². The van der Waals surface area contributed by atoms with Crippen LogP contribution in [0.4, 0.5) is 11.4 Å². The zero-order valence-electron chi connectivity index (χ0n) is 19.3. The number of hydrogen-bond donors (Lipinski definition) is 1. The lowest BCUT2D eigenvalue weighted by Crippen LogP contribution is -2.31. The molecule has 164 valence electrons. The second kappa shape index (κ2) is 11.8. The number of allylic oxidation sites excluding steroid dienone is 2. The topological polar surface area (TPSA) is 27.6 Å². The summed E-state index contributed by atoms with van der Waals surface area (Å²) in [6, 6.07) is 6.82. The second-order valence-electron chi connectivity index (χ2n) is 8.77. The molecule has 0 bridgehead atoms. The van der Waals surface area contributed by atoms with Crippen LogP contribution in [-0.2, 0) is 0 Å². The van der Waals surface area contributed by atoms with Gasteiger partial charge in [-0.25, -0.2) is 4.99 Å². The van der Waals surface area contributed by atoms with Crippen LogP contribution in [0.1, 0.15) is 71.1 Å². The molecule has 0 aromatic heterocycles. The van der Waals surface area contributed by atoms with Gasteiger partial charge in [-0.15, -0.1) is 0 Å². The Balaban J connectivity index is 1.58. The maximum atomic E-state index is 4.98. The predicted molar refractivity (Wildman–Crippen MR) is 134 cm³/mol. The van der Waals surface area contributed by atoms with Gasteiger partial charge in [-0.2, -0.15) is 0 Å². The van der Waals surface area contributed by atoms with Gasteiger partial charge >= 0.3 is 0 Å². The van der Waals surface area contributed by atoms with E-state index in [4.69, 9.17) is 4.99 Å². The fraction of sp³-hybridized carbons (Fsp3) is 0.577. The van der Waals surface area contributed by atoms with E-state index in [0.717, 1.165) is 17.1 Å². The highest BCUT2D eigenvalue weighted by molar-refractivity contribution is 8.04. The average molecular weight is 426 g/mol. The number of unbranched alkanes of at least 4 members (excludes halogenated alkanes) is 8. The van der Waals surface area contributed by atoms with Gasteiger partial charge in [-0.05, 0) is 62.9 Å². The molecule has 0 radical (unpaired) electrons. The van der Waals surface area contributed by atoms with Gasteiger partial charge in [-0.3, -0.25) is 4.90 Å². The van der Waals surface area contributed by atoms with E-state index in [-0.39, 0.29) is 0 Å². The highest BCUT2D eigenvalue weighted by Gasteiger charge is 2.26. The second-order valence-corrected chi connectivity index (χ2v) is 9.85. The van der Waals surface area contributed by atoms with Gasteiger partial charge in [0.25, 0.3) is 0 Å². The molecule has 0 saturated heterocycles. The highest BCUT2D eigenvalue weighted by Crippen LogP contribution is 2.44. The van der Waals surface area contributed by atoms with Gasteiger partial charge < -0.3 is 5.32 Å². The van der Waals surface area contributed by atoms with E-state index < -0.39 is 0 Å². The average Bonchev–Trinajstić information content (AvgIpc) is 2.75. The lowest BCUT2D eigenvalue weighted by atomic mass is 9.93. The molecular formula is C26H39N3S. The van der Waals surface area contributed by atoms with Crippen molar-refractivity contribution < 1.29 is 0 Å². The number of anilines is 1. The summed E-state index contributed by atoms with van der Waals surface area (Å²) >= 11 is 1.86. The standard InChI is InChI=1S/C26H39N3S/c1-5-6-7-8-9-10-11-12-13-14-20-17-23-26(19-24(20)29(3)4)30-25-18-21(27-2)15-16-22(25)28-23/h15-19,24,27H,5-14H2,1-4H3. The fourth-order valence-electron chi connectivity index (χ4n) is 4.27. The van der Waals surface area contributed by atoms with E-state index in [1.807, 2.05) is 18.8 Å². The van der Waals surface area contributed by atoms with Crippen molar-refractivity contribution in [2.75, 3.05) is 26.5 Å². The van der Waals surface area contributed by atoms with Crippen LogP contribution in [0.5, 0.6) is 0 Å². The Morgan fingerprint density at radius 1 is 1.00 bits per heavy atom. The SMILES string of the molecule is CCCCCCCCCCCC1=CC2=Nc3ccc(NC)cc3SC2=CC1N(C)C. The highest BCUT2D eigenvalue weighted by atomic mass is 32.2. The number of benzene rings is 1. The minimum atomic E-state index is 0.384. The number of nitrogens with zero attached hydrogens (tertiary/aromatic N) is 2. The quantitative estimate of drug-likeness (QED) is 0.350. The Morgan fingerprint density at radius 3 is 2.37 bits per heavy atom. The zero-order valence-corrected chi connectivity index (χ0v) is 20.2. The van der Waals surface area contributed by atoms with Gasteiger partial charge in [0.15, 0.2) is 0 Å². The molecule has 30 heavy (non-hydrogen) atoms. The van der Waals surface area contributed by atoms with E-state index in [1.54, 1.807) is 0 Å². The Kier molecular flexibility index (Phi) is 9.07. The van der Waals surface area contributed by atoms with Crippen molar-refractivity contribution in [3.8, 4) is 0 Å². The van der Waals surface area contributed by atoms with Crippen molar-refractivity contribution in [1.82, 2.24) is 4.90 Å². The van der Waals surface area contributed by atoms with E-state index >= 15 is 0 Å². The van der Waals surface area contributed by atoms with Gasteiger partial charge in [0.05, 0.1) is 17.4 Å². The fourth-order valence-corrected chi connectivity index (χ4v) is 5.32. The van der Waals surface area contributed by atoms with Crippen molar-refractivity contribution >= 4 is 28.8 Å². The van der Waals surface area contributed by atoms with E-state index in [9.17, 15) is 0 Å². The summed E-state index contributed by atoms with van der Waals surface area (Å²) in [4.78, 5) is 9.86. The molecule has 1 aromatic carbocycles. The molecule has 1 heterocycles. The maximum Gasteiger partial charge on any atom is 0.0778 e. The minimum Gasteiger partial charge on any atom is -0.388 e. The number of nitrogens with one attached hydrogen (secondary N) is 1. The first-order valence-corrected chi connectivity index (χ1v) is 12.6. The molecule has 0 spiro atoms. The van der Waals surface area contributed by atoms with Crippen molar-refractivity contribution in [1.29, 1.82) is 0 Å². The summed E-state index contributed by atoms with van der Waals surface area (Å²) in [5.74, 6) is 0. The van der Waals surface area contributed by atoms with Crippen molar-refractivity contribution in [3.63, 3.8) is 0 Å². The molecular weight excluding hydrogens is 386 g/mol. The molecule has 1 aliphatic carbocycles. The summed E-state index contributed by atoms with van der Waals surface area (Å²) in [6.45, 7) is 2.29. The Hall–Kier alpha value is -1.52. The summed E-state index contributed by atoms with van der Waals surface area (Å²) in [5.41, 5.74) is 4.89. The number of fused-ring (bicyclic) bond motifs is 2. The van der Waals surface area contributed by atoms with Gasteiger partial charge in [0, 0.05) is 22.5 Å². The summed E-state index contributed by atoms with van der Waals surface area (Å²) in [5, 5.41) is 3.23. The van der Waals surface area contributed by atoms with Gasteiger partial charge in [0.2, 0.25) is 0 Å². The molecule has 2 aliphatic rings. The Morgan fingerprint density at radius 2 is 1.70 bits per heavy atom. The third-order valence-corrected chi connectivity index (χ3v) is 7.21. The monoisotopic (exact) mass is 425 g/mol. The van der Waals surface area contributed by atoms with E-state index in [0.29, 0.717) is 6.04 Å². The molecule has 4 heteroatoms. The number of rotatable bonds is 12. The molecule has 0 fully saturated rings. The maximum absolute atomic E-state index is 4.98. The predicted octanol–water partition coefficient (Wildman–Crippen LogP) is 7.58. The molecule has 1 unspecified atom stereocenters. The third kappa shape index (κ3) is 6.24. The van der Waals surface area contributed by atoms with E-state index in [1.165, 1.54) is 79.6 Å². The normalized spacial score (nSPS) is 17.8. The van der Waals surface area contributed by atoms with Crippen LogP contribution in [-0.4, -0.2) is 37.8 Å². The lowest BCUT2D eigenvalue weighted by molar-refractivity contribution is 0.369. The number of aliphatic imine (C=N–C) groups is 1. The first-order chi connectivity index (χ1) is 14.6. The molecule has 1 N–H and O–H groups in total. The van der Waals surface area contributed by atoms with Crippen molar-refractivity contribution in [2.24, 2.45) is 4.99 Å². The van der Waals surface area contributed by atoms with Gasteiger partial charge in [0.1, 0.15) is 0 Å². The Labute approximate surface area is 188 Å². The Bertz CT molecular complexity index is 791. The zero-order chi connectivity index (χ0) is 21.3. The number of likely N-dealkylation sites (N-methyl/N-ethyl adjacent to an activating group) is 1. The van der Waals surface area contributed by atoms with Crippen LogP contribution in [0.15, 0.2) is 50.7 Å². The first-order valence-electron chi connectivity index (χ1n) is 11.8. The van der Waals surface area contributed by atoms with Crippen LogP contribution in [0.3, 0.4) is 0 Å². The van der Waals surface area contributed by atoms with Crippen LogP contribution in [0.2, 0.25) is 0 Å². The summed E-state index contributed by atoms with van der Waals surface area (Å²) < 4.78 is 0. The minimum absolute atomic E-state index is 0.384. The number of thioether (sulfide) groups is 1. The molecule has 3 nitrogen and oxygen atoms in total. The molecule has 0 amide bonds. The first kappa shape index (κ1) is 23.1. The molecule has 1 aliphatic heterocycles. The largest absolute Gasteiger partial charge is 0.388 e. The van der Waals surface area contributed by atoms with Crippen molar-refractivity contribution in [3.05, 3.63) is 40.8 Å². The van der Waals surface area contributed by atoms with Crippen LogP contribution >= 0.6 is 11.8 Å². The van der Waals surface area contributed by atoms with Crippen LogP contribution < -0.4 is 5.32 Å². The smallest absolute Gasteiger partial charge is 0.0778 e. The molecule has 1 aromatic rings. The lowest BCUT2D eigenvalue weighted by Gasteiger charge is -2.30. The van der Waals surface area contributed by atoms with E-state index in [2.05, 4.69) is 61.6 Å². The molecule has 0 saturated carbocycles.